The van der Waals surface area contributed by atoms with Gasteiger partial charge in [0.15, 0.2) is 0 Å². The molecule has 0 aromatic heterocycles. The minimum Gasteiger partial charge on any atom is -0.381 e. The van der Waals surface area contributed by atoms with Gasteiger partial charge in [-0.1, -0.05) is 44.9 Å². The molecular formula is C15H31NO. The fourth-order valence-corrected chi connectivity index (χ4v) is 2.66. The molecule has 0 spiro atoms. The molecule has 0 aliphatic heterocycles. The third-order valence-corrected chi connectivity index (χ3v) is 3.82. The van der Waals surface area contributed by atoms with Crippen LogP contribution >= 0.6 is 0 Å². The molecule has 17 heavy (non-hydrogen) atoms. The normalized spacial score (nSPS) is 17.5. The maximum absolute atomic E-state index is 5.78. The van der Waals surface area contributed by atoms with E-state index in [1.165, 1.54) is 70.6 Å². The van der Waals surface area contributed by atoms with Crippen LogP contribution in [-0.4, -0.2) is 19.8 Å². The Balaban J connectivity index is 1.75. The molecule has 0 radical (unpaired) electrons. The van der Waals surface area contributed by atoms with Gasteiger partial charge in [-0.05, 0) is 38.1 Å². The highest BCUT2D eigenvalue weighted by Gasteiger charge is 2.12. The zero-order valence-electron chi connectivity index (χ0n) is 11.5. The van der Waals surface area contributed by atoms with Gasteiger partial charge in [0, 0.05) is 13.2 Å². The molecule has 0 aromatic carbocycles. The zero-order valence-corrected chi connectivity index (χ0v) is 11.5. The van der Waals surface area contributed by atoms with Crippen LogP contribution in [-0.2, 0) is 4.74 Å². The molecule has 0 bridgehead atoms. The first-order valence-electron chi connectivity index (χ1n) is 7.71. The van der Waals surface area contributed by atoms with Gasteiger partial charge >= 0.3 is 0 Å². The Labute approximate surface area is 107 Å². The van der Waals surface area contributed by atoms with E-state index in [-0.39, 0.29) is 0 Å². The fourth-order valence-electron chi connectivity index (χ4n) is 2.66. The molecule has 2 nitrogen and oxygen atoms in total. The van der Waals surface area contributed by atoms with E-state index in [0.29, 0.717) is 0 Å². The van der Waals surface area contributed by atoms with Gasteiger partial charge in [0.05, 0.1) is 0 Å². The van der Waals surface area contributed by atoms with E-state index in [2.05, 4.69) is 0 Å². The fraction of sp³-hybridized carbons (Fsp3) is 1.00. The van der Waals surface area contributed by atoms with E-state index < -0.39 is 0 Å². The molecule has 0 saturated heterocycles. The largest absolute Gasteiger partial charge is 0.381 e. The van der Waals surface area contributed by atoms with Gasteiger partial charge in [0.25, 0.3) is 0 Å². The first kappa shape index (κ1) is 15.0. The Morgan fingerprint density at radius 2 is 1.47 bits per heavy atom. The number of hydrogen-bond acceptors (Lipinski definition) is 2. The minimum atomic E-state index is 0.852. The van der Waals surface area contributed by atoms with Gasteiger partial charge in [-0.25, -0.2) is 0 Å². The molecule has 0 aromatic rings. The van der Waals surface area contributed by atoms with E-state index in [1.807, 2.05) is 0 Å². The quantitative estimate of drug-likeness (QED) is 0.589. The molecule has 0 heterocycles. The van der Waals surface area contributed by atoms with Crippen molar-refractivity contribution >= 4 is 0 Å². The summed E-state index contributed by atoms with van der Waals surface area (Å²) in [4.78, 5) is 0. The second kappa shape index (κ2) is 11.0. The van der Waals surface area contributed by atoms with Crippen molar-refractivity contribution in [2.75, 3.05) is 19.8 Å². The predicted molar refractivity (Wildman–Crippen MR) is 74.2 cm³/mol. The highest BCUT2D eigenvalue weighted by atomic mass is 16.5. The number of hydrogen-bond donors (Lipinski definition) is 1. The molecule has 1 aliphatic carbocycles. The summed E-state index contributed by atoms with van der Waals surface area (Å²) in [5.74, 6) is 0.869. The van der Waals surface area contributed by atoms with Crippen molar-refractivity contribution in [2.45, 2.75) is 70.6 Å². The Morgan fingerprint density at radius 3 is 2.18 bits per heavy atom. The number of ether oxygens (including phenoxy) is 1. The Bertz CT molecular complexity index is 155. The molecule has 0 amide bonds. The molecule has 2 N–H and O–H groups in total. The molecule has 1 aliphatic rings. The molecule has 0 unspecified atom stereocenters. The lowest BCUT2D eigenvalue weighted by atomic mass is 9.90. The molecule has 1 rings (SSSR count). The summed E-state index contributed by atoms with van der Waals surface area (Å²) in [5, 5.41) is 0. The average Bonchev–Trinajstić information content (AvgIpc) is 2.38. The Kier molecular flexibility index (Phi) is 9.72. The summed E-state index contributed by atoms with van der Waals surface area (Å²) in [5.41, 5.74) is 5.46. The number of unbranched alkanes of at least 4 members (excludes halogenated alkanes) is 5. The SMILES string of the molecule is NCCCCCCCCOCC1CCCCC1. The van der Waals surface area contributed by atoms with Gasteiger partial charge in [0.2, 0.25) is 0 Å². The number of nitrogens with two attached hydrogens (primary N) is 1. The second-order valence-corrected chi connectivity index (χ2v) is 5.49. The first-order chi connectivity index (χ1) is 8.43. The van der Waals surface area contributed by atoms with Crippen molar-refractivity contribution in [3.63, 3.8) is 0 Å². The summed E-state index contributed by atoms with van der Waals surface area (Å²) >= 11 is 0. The van der Waals surface area contributed by atoms with Crippen molar-refractivity contribution in [3.05, 3.63) is 0 Å². The van der Waals surface area contributed by atoms with Gasteiger partial charge in [-0.3, -0.25) is 0 Å². The molecular weight excluding hydrogens is 210 g/mol. The van der Waals surface area contributed by atoms with Crippen LogP contribution in [0.2, 0.25) is 0 Å². The Hall–Kier alpha value is -0.0800. The van der Waals surface area contributed by atoms with Crippen molar-refractivity contribution in [3.8, 4) is 0 Å². The zero-order chi connectivity index (χ0) is 12.2. The highest BCUT2D eigenvalue weighted by Crippen LogP contribution is 2.23. The molecule has 102 valence electrons. The van der Waals surface area contributed by atoms with Gasteiger partial charge in [-0.2, -0.15) is 0 Å². The van der Waals surface area contributed by atoms with Gasteiger partial charge in [-0.15, -0.1) is 0 Å². The molecule has 2 heteroatoms. The lowest BCUT2D eigenvalue weighted by molar-refractivity contribution is 0.0824. The summed E-state index contributed by atoms with van der Waals surface area (Å²) in [6.45, 7) is 2.85. The monoisotopic (exact) mass is 241 g/mol. The van der Waals surface area contributed by atoms with Crippen LogP contribution in [0.1, 0.15) is 70.6 Å². The van der Waals surface area contributed by atoms with E-state index in [9.17, 15) is 0 Å². The standard InChI is InChI=1S/C15H31NO/c16-12-8-3-1-2-4-9-13-17-14-15-10-6-5-7-11-15/h15H,1-14,16H2. The van der Waals surface area contributed by atoms with Gasteiger partial charge < -0.3 is 10.5 Å². The third kappa shape index (κ3) is 8.62. The van der Waals surface area contributed by atoms with E-state index in [4.69, 9.17) is 10.5 Å². The maximum Gasteiger partial charge on any atom is 0.0494 e. The van der Waals surface area contributed by atoms with Crippen LogP contribution in [0, 0.1) is 5.92 Å². The average molecular weight is 241 g/mol. The second-order valence-electron chi connectivity index (χ2n) is 5.49. The third-order valence-electron chi connectivity index (χ3n) is 3.82. The topological polar surface area (TPSA) is 35.2 Å². The van der Waals surface area contributed by atoms with Crippen molar-refractivity contribution in [1.82, 2.24) is 0 Å². The molecule has 0 atom stereocenters. The summed E-state index contributed by atoms with van der Waals surface area (Å²) in [6, 6.07) is 0. The van der Waals surface area contributed by atoms with E-state index in [1.54, 1.807) is 0 Å². The van der Waals surface area contributed by atoms with Crippen LogP contribution in [0.15, 0.2) is 0 Å². The summed E-state index contributed by atoms with van der Waals surface area (Å²) in [6.07, 6.45) is 14.9. The van der Waals surface area contributed by atoms with Crippen LogP contribution in [0.4, 0.5) is 0 Å². The lowest BCUT2D eigenvalue weighted by Crippen LogP contribution is -2.13. The summed E-state index contributed by atoms with van der Waals surface area (Å²) in [7, 11) is 0. The predicted octanol–water partition coefficient (Wildman–Crippen LogP) is 3.88. The van der Waals surface area contributed by atoms with Crippen molar-refractivity contribution < 1.29 is 4.74 Å². The molecule has 1 fully saturated rings. The van der Waals surface area contributed by atoms with Crippen molar-refractivity contribution in [1.29, 1.82) is 0 Å². The first-order valence-corrected chi connectivity index (χ1v) is 7.71. The van der Waals surface area contributed by atoms with Gasteiger partial charge in [0.1, 0.15) is 0 Å². The molecule has 1 saturated carbocycles. The Morgan fingerprint density at radius 1 is 0.824 bits per heavy atom. The van der Waals surface area contributed by atoms with Crippen LogP contribution in [0.3, 0.4) is 0 Å². The van der Waals surface area contributed by atoms with E-state index >= 15 is 0 Å². The maximum atomic E-state index is 5.78. The number of rotatable bonds is 10. The van der Waals surface area contributed by atoms with Crippen LogP contribution < -0.4 is 5.73 Å². The van der Waals surface area contributed by atoms with E-state index in [0.717, 1.165) is 25.7 Å². The van der Waals surface area contributed by atoms with Crippen LogP contribution in [0.25, 0.3) is 0 Å². The summed E-state index contributed by atoms with van der Waals surface area (Å²) < 4.78 is 5.78. The van der Waals surface area contributed by atoms with Crippen LogP contribution in [0.5, 0.6) is 0 Å². The minimum absolute atomic E-state index is 0.852. The van der Waals surface area contributed by atoms with Crippen molar-refractivity contribution in [2.24, 2.45) is 11.7 Å². The highest BCUT2D eigenvalue weighted by molar-refractivity contribution is 4.64. The lowest BCUT2D eigenvalue weighted by Gasteiger charge is -2.21. The smallest absolute Gasteiger partial charge is 0.0494 e.